The number of anilines is 3. The van der Waals surface area contributed by atoms with Crippen molar-refractivity contribution in [3.8, 4) is 17.1 Å². The molecule has 11 nitrogen and oxygen atoms in total. The van der Waals surface area contributed by atoms with E-state index in [1.807, 2.05) is 0 Å². The van der Waals surface area contributed by atoms with Crippen LogP contribution in [0, 0.1) is 5.82 Å². The maximum Gasteiger partial charge on any atom is 0.417 e. The Balaban J connectivity index is 1.29. The molecule has 0 unspecified atom stereocenters. The first-order valence-electron chi connectivity index (χ1n) is 13.2. The molecule has 0 saturated carbocycles. The number of ether oxygens (including phenoxy) is 1. The summed E-state index contributed by atoms with van der Waals surface area (Å²) in [7, 11) is 0. The second-order valence-electron chi connectivity index (χ2n) is 9.83. The number of carboxylic acid groups (broad SMARTS) is 1. The first kappa shape index (κ1) is 30.0. The number of carbonyl (C=O) groups is 2. The molecule has 2 aromatic heterocycles. The van der Waals surface area contributed by atoms with Gasteiger partial charge in [0, 0.05) is 37.0 Å². The zero-order valence-corrected chi connectivity index (χ0v) is 22.8. The summed E-state index contributed by atoms with van der Waals surface area (Å²) >= 11 is 0. The molecule has 0 aliphatic carbocycles. The number of benzene rings is 2. The molecular formula is C29H25F4N7O4. The van der Waals surface area contributed by atoms with Crippen molar-refractivity contribution < 1.29 is 37.0 Å². The van der Waals surface area contributed by atoms with Crippen molar-refractivity contribution in [2.45, 2.75) is 25.2 Å². The average molecular weight is 612 g/mol. The van der Waals surface area contributed by atoms with E-state index in [1.165, 1.54) is 23.2 Å². The van der Waals surface area contributed by atoms with Gasteiger partial charge in [-0.2, -0.15) is 13.2 Å². The molecule has 1 aliphatic heterocycles. The standard InChI is InChI=1S/C29H25F4N7O4/c30-19-5-7-20(8-6-19)38-26(41)22-11-18(29(31,32)33)13-37-25(22)36-12-16-1-3-17(4-2-16)23-14-35-24(34)27(39-23)44-21-9-10-40(15-21)28(42)43/h1-8,11,13-14,21H,9-10,12,15H2,(H2,34,35)(H,36,37)(H,38,41)(H,42,43)/t21-/m1/s1. The SMILES string of the molecule is Nc1ncc(-c2ccc(CNc3ncc(C(F)(F)F)cc3C(=O)Nc3ccc(F)cc3)cc2)nc1O[C@@H]1CCN(C(=O)O)C1. The van der Waals surface area contributed by atoms with Crippen LogP contribution in [0.5, 0.6) is 5.88 Å². The molecule has 44 heavy (non-hydrogen) atoms. The molecule has 1 atom stereocenters. The number of carbonyl (C=O) groups excluding carboxylic acids is 1. The number of nitrogens with two attached hydrogens (primary N) is 1. The first-order chi connectivity index (χ1) is 21.0. The van der Waals surface area contributed by atoms with E-state index >= 15 is 0 Å². The van der Waals surface area contributed by atoms with E-state index in [4.69, 9.17) is 15.6 Å². The molecule has 0 radical (unpaired) electrons. The number of rotatable bonds is 8. The zero-order valence-electron chi connectivity index (χ0n) is 22.8. The van der Waals surface area contributed by atoms with Crippen molar-refractivity contribution in [3.63, 3.8) is 0 Å². The highest BCUT2D eigenvalue weighted by molar-refractivity contribution is 6.07. The lowest BCUT2D eigenvalue weighted by atomic mass is 10.1. The van der Waals surface area contributed by atoms with Crippen LogP contribution in [-0.2, 0) is 12.7 Å². The maximum absolute atomic E-state index is 13.4. The third kappa shape index (κ3) is 7.11. The summed E-state index contributed by atoms with van der Waals surface area (Å²) in [4.78, 5) is 37.7. The first-order valence-corrected chi connectivity index (χ1v) is 13.2. The fourth-order valence-electron chi connectivity index (χ4n) is 4.41. The van der Waals surface area contributed by atoms with E-state index in [0.29, 0.717) is 42.0 Å². The van der Waals surface area contributed by atoms with E-state index in [-0.39, 0.29) is 41.9 Å². The minimum atomic E-state index is -4.72. The number of nitrogens with zero attached hydrogens (tertiary/aromatic N) is 4. The Labute approximate surface area is 247 Å². The Morgan fingerprint density at radius 1 is 1.07 bits per heavy atom. The smallest absolute Gasteiger partial charge is 0.417 e. The van der Waals surface area contributed by atoms with Crippen molar-refractivity contribution in [3.05, 3.63) is 89.5 Å². The predicted octanol–water partition coefficient (Wildman–Crippen LogP) is 5.27. The maximum atomic E-state index is 13.4. The van der Waals surface area contributed by atoms with E-state index < -0.39 is 35.7 Å². The van der Waals surface area contributed by atoms with Crippen molar-refractivity contribution in [2.24, 2.45) is 0 Å². The van der Waals surface area contributed by atoms with Gasteiger partial charge >= 0.3 is 12.3 Å². The highest BCUT2D eigenvalue weighted by Gasteiger charge is 2.33. The lowest BCUT2D eigenvalue weighted by Gasteiger charge is -2.15. The van der Waals surface area contributed by atoms with Gasteiger partial charge in [0.15, 0.2) is 5.82 Å². The molecule has 5 N–H and O–H groups in total. The molecule has 4 aromatic rings. The molecule has 5 rings (SSSR count). The molecular weight excluding hydrogens is 586 g/mol. The normalized spacial score (nSPS) is 14.7. The fraction of sp³-hybridized carbons (Fsp3) is 0.207. The number of aromatic nitrogens is 3. The second-order valence-corrected chi connectivity index (χ2v) is 9.83. The van der Waals surface area contributed by atoms with Gasteiger partial charge in [-0.05, 0) is 35.9 Å². The van der Waals surface area contributed by atoms with Gasteiger partial charge in [-0.25, -0.2) is 24.1 Å². The Morgan fingerprint density at radius 2 is 1.80 bits per heavy atom. The number of amides is 2. The molecule has 2 aromatic carbocycles. The summed E-state index contributed by atoms with van der Waals surface area (Å²) in [6.07, 6.45) is -3.58. The predicted molar refractivity (Wildman–Crippen MR) is 151 cm³/mol. The van der Waals surface area contributed by atoms with Crippen LogP contribution in [0.3, 0.4) is 0 Å². The quantitative estimate of drug-likeness (QED) is 0.195. The van der Waals surface area contributed by atoms with Crippen molar-refractivity contribution >= 4 is 29.3 Å². The van der Waals surface area contributed by atoms with Crippen molar-refractivity contribution in [2.75, 3.05) is 29.5 Å². The third-order valence-electron chi connectivity index (χ3n) is 6.73. The highest BCUT2D eigenvalue weighted by atomic mass is 19.4. The van der Waals surface area contributed by atoms with E-state index in [0.717, 1.165) is 12.1 Å². The Kier molecular flexibility index (Phi) is 8.46. The summed E-state index contributed by atoms with van der Waals surface area (Å²) in [6.45, 7) is 0.635. The van der Waals surface area contributed by atoms with E-state index in [1.54, 1.807) is 24.3 Å². The molecule has 0 bridgehead atoms. The number of nitrogen functional groups attached to an aromatic ring is 1. The largest absolute Gasteiger partial charge is 0.470 e. The number of alkyl halides is 3. The molecule has 0 spiro atoms. The lowest BCUT2D eigenvalue weighted by Crippen LogP contribution is -2.29. The summed E-state index contributed by atoms with van der Waals surface area (Å²) < 4.78 is 59.2. The number of hydrogen-bond acceptors (Lipinski definition) is 8. The van der Waals surface area contributed by atoms with Crippen molar-refractivity contribution in [1.29, 1.82) is 0 Å². The van der Waals surface area contributed by atoms with Gasteiger partial charge < -0.3 is 31.1 Å². The summed E-state index contributed by atoms with van der Waals surface area (Å²) in [6, 6.07) is 12.4. The molecule has 1 saturated heterocycles. The minimum absolute atomic E-state index is 0.0617. The molecule has 2 amide bonds. The van der Waals surface area contributed by atoms with Gasteiger partial charge in [0.05, 0.1) is 29.6 Å². The second kappa shape index (κ2) is 12.4. The Bertz CT molecular complexity index is 1670. The number of nitrogens with one attached hydrogen (secondary N) is 2. The number of likely N-dealkylation sites (tertiary alicyclic amines) is 1. The molecule has 1 fully saturated rings. The van der Waals surface area contributed by atoms with Crippen LogP contribution in [-0.4, -0.2) is 56.2 Å². The molecule has 228 valence electrons. The molecule has 15 heteroatoms. The Morgan fingerprint density at radius 3 is 2.45 bits per heavy atom. The van der Waals surface area contributed by atoms with Gasteiger partial charge in [-0.1, -0.05) is 24.3 Å². The number of halogens is 4. The van der Waals surface area contributed by atoms with E-state index in [9.17, 15) is 27.2 Å². The zero-order chi connectivity index (χ0) is 31.4. The average Bonchev–Trinajstić information content (AvgIpc) is 3.47. The summed E-state index contributed by atoms with van der Waals surface area (Å²) in [5.41, 5.74) is 6.49. The molecule has 1 aliphatic rings. The summed E-state index contributed by atoms with van der Waals surface area (Å²) in [5, 5.41) is 14.5. The summed E-state index contributed by atoms with van der Waals surface area (Å²) in [5.74, 6) is -1.33. The van der Waals surface area contributed by atoms with Crippen LogP contribution in [0.4, 0.5) is 39.7 Å². The number of hydrogen-bond donors (Lipinski definition) is 4. The minimum Gasteiger partial charge on any atom is -0.470 e. The van der Waals surface area contributed by atoms with Gasteiger partial charge in [-0.15, -0.1) is 0 Å². The van der Waals surface area contributed by atoms with Crippen LogP contribution in [0.2, 0.25) is 0 Å². The molecule has 3 heterocycles. The number of pyridine rings is 1. The fourth-order valence-corrected chi connectivity index (χ4v) is 4.41. The Hall–Kier alpha value is -5.47. The van der Waals surface area contributed by atoms with Gasteiger partial charge in [0.1, 0.15) is 17.7 Å². The van der Waals surface area contributed by atoms with Gasteiger partial charge in [-0.3, -0.25) is 4.79 Å². The van der Waals surface area contributed by atoms with Crippen molar-refractivity contribution in [1.82, 2.24) is 19.9 Å². The van der Waals surface area contributed by atoms with Crippen LogP contribution >= 0.6 is 0 Å². The van der Waals surface area contributed by atoms with Crippen LogP contribution < -0.4 is 21.1 Å². The van der Waals surface area contributed by atoms with Crippen LogP contribution in [0.15, 0.2) is 67.0 Å². The lowest BCUT2D eigenvalue weighted by molar-refractivity contribution is -0.137. The topological polar surface area (TPSA) is 156 Å². The third-order valence-corrected chi connectivity index (χ3v) is 6.73. The van der Waals surface area contributed by atoms with Crippen LogP contribution in [0.25, 0.3) is 11.3 Å². The van der Waals surface area contributed by atoms with Crippen LogP contribution in [0.1, 0.15) is 27.9 Å². The van der Waals surface area contributed by atoms with Gasteiger partial charge in [0.2, 0.25) is 0 Å². The van der Waals surface area contributed by atoms with Gasteiger partial charge in [0.25, 0.3) is 11.8 Å². The van der Waals surface area contributed by atoms with E-state index in [2.05, 4.69) is 25.6 Å². The highest BCUT2D eigenvalue weighted by Crippen LogP contribution is 2.31. The monoisotopic (exact) mass is 611 g/mol.